The maximum Gasteiger partial charge on any atom is 0.134 e. The highest BCUT2D eigenvalue weighted by Gasteiger charge is 2.24. The van der Waals surface area contributed by atoms with E-state index in [4.69, 9.17) is 0 Å². The molecule has 5 heteroatoms. The summed E-state index contributed by atoms with van der Waals surface area (Å²) >= 11 is 0. The average Bonchev–Trinajstić information content (AvgIpc) is 3.24. The van der Waals surface area contributed by atoms with Crippen molar-refractivity contribution in [2.24, 2.45) is 5.92 Å². The van der Waals surface area contributed by atoms with E-state index in [0.717, 1.165) is 50.3 Å². The Morgan fingerprint density at radius 1 is 1.21 bits per heavy atom. The lowest BCUT2D eigenvalue weighted by atomic mass is 10.3. The Morgan fingerprint density at radius 3 is 2.63 bits per heavy atom. The first-order chi connectivity index (χ1) is 9.22. The highest BCUT2D eigenvalue weighted by molar-refractivity contribution is 5.50. The molecule has 2 aliphatic rings. The molecule has 19 heavy (non-hydrogen) atoms. The second-order valence-corrected chi connectivity index (χ2v) is 5.85. The third kappa shape index (κ3) is 3.15. The summed E-state index contributed by atoms with van der Waals surface area (Å²) in [5.74, 6) is 3.00. The Kier molecular flexibility index (Phi) is 3.55. The van der Waals surface area contributed by atoms with Crippen molar-refractivity contribution in [3.05, 3.63) is 12.4 Å². The van der Waals surface area contributed by atoms with E-state index in [1.807, 2.05) is 0 Å². The van der Waals surface area contributed by atoms with Gasteiger partial charge in [0.2, 0.25) is 0 Å². The SMILES string of the molecule is CN1CCN(c2cc(N(C)CC3CC3)ncn2)CC1. The van der Waals surface area contributed by atoms with Gasteiger partial charge in [-0.15, -0.1) is 0 Å². The van der Waals surface area contributed by atoms with Gasteiger partial charge in [0.05, 0.1) is 0 Å². The molecule has 0 bridgehead atoms. The van der Waals surface area contributed by atoms with E-state index in [1.165, 1.54) is 12.8 Å². The van der Waals surface area contributed by atoms with Crippen molar-refractivity contribution in [3.8, 4) is 0 Å². The number of piperazine rings is 1. The summed E-state index contributed by atoms with van der Waals surface area (Å²) in [4.78, 5) is 15.8. The molecule has 0 radical (unpaired) electrons. The molecule has 2 heterocycles. The Hall–Kier alpha value is -1.36. The molecule has 0 unspecified atom stereocenters. The summed E-state index contributed by atoms with van der Waals surface area (Å²) < 4.78 is 0. The fourth-order valence-electron chi connectivity index (χ4n) is 2.54. The molecule has 0 amide bonds. The summed E-state index contributed by atoms with van der Waals surface area (Å²) in [5, 5.41) is 0. The van der Waals surface area contributed by atoms with Gasteiger partial charge in [-0.2, -0.15) is 0 Å². The molecule has 1 saturated heterocycles. The number of hydrogen-bond donors (Lipinski definition) is 0. The summed E-state index contributed by atoms with van der Waals surface area (Å²) in [6.07, 6.45) is 4.45. The molecule has 1 saturated carbocycles. The van der Waals surface area contributed by atoms with E-state index in [-0.39, 0.29) is 0 Å². The minimum absolute atomic E-state index is 0.882. The number of hydrogen-bond acceptors (Lipinski definition) is 5. The number of rotatable bonds is 4. The molecule has 1 aliphatic carbocycles. The van der Waals surface area contributed by atoms with E-state index in [9.17, 15) is 0 Å². The monoisotopic (exact) mass is 261 g/mol. The zero-order chi connectivity index (χ0) is 13.2. The van der Waals surface area contributed by atoms with Gasteiger partial charge in [0.1, 0.15) is 18.0 Å². The molecule has 3 rings (SSSR count). The lowest BCUT2D eigenvalue weighted by Gasteiger charge is -2.33. The number of anilines is 2. The van der Waals surface area contributed by atoms with Gasteiger partial charge in [-0.25, -0.2) is 9.97 Å². The number of aromatic nitrogens is 2. The van der Waals surface area contributed by atoms with Crippen LogP contribution in [0.4, 0.5) is 11.6 Å². The predicted octanol–water partition coefficient (Wildman–Crippen LogP) is 1.07. The van der Waals surface area contributed by atoms with E-state index < -0.39 is 0 Å². The Bertz CT molecular complexity index is 424. The van der Waals surface area contributed by atoms with Crippen LogP contribution in [-0.2, 0) is 0 Å². The molecule has 5 nitrogen and oxygen atoms in total. The Labute approximate surface area is 115 Å². The van der Waals surface area contributed by atoms with E-state index in [2.05, 4.69) is 44.8 Å². The first kappa shape index (κ1) is 12.7. The molecule has 1 aromatic rings. The summed E-state index contributed by atoms with van der Waals surface area (Å²) in [7, 11) is 4.31. The third-order valence-corrected chi connectivity index (χ3v) is 4.09. The first-order valence-electron chi connectivity index (χ1n) is 7.19. The fourth-order valence-corrected chi connectivity index (χ4v) is 2.54. The van der Waals surface area contributed by atoms with Crippen LogP contribution in [0.3, 0.4) is 0 Å². The first-order valence-corrected chi connectivity index (χ1v) is 7.19. The molecular formula is C14H23N5. The highest BCUT2D eigenvalue weighted by atomic mass is 15.3. The standard InChI is InChI=1S/C14H23N5/c1-17-5-7-19(8-6-17)14-9-13(15-11-16-14)18(2)10-12-3-4-12/h9,11-12H,3-8,10H2,1-2H3. The fraction of sp³-hybridized carbons (Fsp3) is 0.714. The molecule has 0 atom stereocenters. The van der Waals surface area contributed by atoms with Crippen molar-refractivity contribution in [2.45, 2.75) is 12.8 Å². The van der Waals surface area contributed by atoms with Crippen molar-refractivity contribution >= 4 is 11.6 Å². The van der Waals surface area contributed by atoms with Gasteiger partial charge in [0.15, 0.2) is 0 Å². The van der Waals surface area contributed by atoms with E-state index in [1.54, 1.807) is 6.33 Å². The van der Waals surface area contributed by atoms with Crippen LogP contribution in [0.2, 0.25) is 0 Å². The molecular weight excluding hydrogens is 238 g/mol. The van der Waals surface area contributed by atoms with Crippen molar-refractivity contribution in [3.63, 3.8) is 0 Å². The van der Waals surface area contributed by atoms with Gasteiger partial charge < -0.3 is 14.7 Å². The molecule has 0 aromatic carbocycles. The van der Waals surface area contributed by atoms with Crippen LogP contribution in [0.25, 0.3) is 0 Å². The van der Waals surface area contributed by atoms with Crippen molar-refractivity contribution in [2.75, 3.05) is 56.6 Å². The van der Waals surface area contributed by atoms with Crippen molar-refractivity contribution in [1.29, 1.82) is 0 Å². The second-order valence-electron chi connectivity index (χ2n) is 5.85. The molecule has 0 N–H and O–H groups in total. The van der Waals surface area contributed by atoms with Crippen molar-refractivity contribution < 1.29 is 0 Å². The number of nitrogens with zero attached hydrogens (tertiary/aromatic N) is 5. The lowest BCUT2D eigenvalue weighted by molar-refractivity contribution is 0.312. The normalized spacial score (nSPS) is 20.6. The molecule has 2 fully saturated rings. The maximum absolute atomic E-state index is 4.43. The van der Waals surface area contributed by atoms with Gasteiger partial charge in [-0.3, -0.25) is 0 Å². The maximum atomic E-state index is 4.43. The average molecular weight is 261 g/mol. The minimum atomic E-state index is 0.882. The summed E-state index contributed by atoms with van der Waals surface area (Å²) in [6, 6.07) is 2.13. The second kappa shape index (κ2) is 5.33. The third-order valence-electron chi connectivity index (χ3n) is 4.09. The van der Waals surface area contributed by atoms with Gasteiger partial charge in [-0.05, 0) is 25.8 Å². The van der Waals surface area contributed by atoms with Crippen LogP contribution in [-0.4, -0.2) is 61.7 Å². The van der Waals surface area contributed by atoms with Crippen LogP contribution in [0.5, 0.6) is 0 Å². The van der Waals surface area contributed by atoms with Crippen LogP contribution in [0.1, 0.15) is 12.8 Å². The molecule has 1 aromatic heterocycles. The van der Waals surface area contributed by atoms with Gasteiger partial charge in [0.25, 0.3) is 0 Å². The Morgan fingerprint density at radius 2 is 1.95 bits per heavy atom. The highest BCUT2D eigenvalue weighted by Crippen LogP contribution is 2.30. The van der Waals surface area contributed by atoms with Crippen LogP contribution >= 0.6 is 0 Å². The molecule has 0 spiro atoms. The van der Waals surface area contributed by atoms with Gasteiger partial charge >= 0.3 is 0 Å². The van der Waals surface area contributed by atoms with E-state index in [0.29, 0.717) is 0 Å². The molecule has 1 aliphatic heterocycles. The predicted molar refractivity (Wildman–Crippen MR) is 77.7 cm³/mol. The quantitative estimate of drug-likeness (QED) is 0.810. The Balaban J connectivity index is 1.68. The molecule has 104 valence electrons. The lowest BCUT2D eigenvalue weighted by Crippen LogP contribution is -2.44. The smallest absolute Gasteiger partial charge is 0.134 e. The topological polar surface area (TPSA) is 35.5 Å². The van der Waals surface area contributed by atoms with Crippen LogP contribution < -0.4 is 9.80 Å². The van der Waals surface area contributed by atoms with Crippen LogP contribution in [0.15, 0.2) is 12.4 Å². The number of likely N-dealkylation sites (N-methyl/N-ethyl adjacent to an activating group) is 1. The van der Waals surface area contributed by atoms with Crippen molar-refractivity contribution in [1.82, 2.24) is 14.9 Å². The van der Waals surface area contributed by atoms with Gasteiger partial charge in [-0.1, -0.05) is 0 Å². The summed E-state index contributed by atoms with van der Waals surface area (Å²) in [5.41, 5.74) is 0. The zero-order valence-corrected chi connectivity index (χ0v) is 11.9. The minimum Gasteiger partial charge on any atom is -0.359 e. The van der Waals surface area contributed by atoms with Crippen LogP contribution in [0, 0.1) is 5.92 Å². The van der Waals surface area contributed by atoms with Gasteiger partial charge in [0, 0.05) is 45.8 Å². The van der Waals surface area contributed by atoms with E-state index >= 15 is 0 Å². The zero-order valence-electron chi connectivity index (χ0n) is 11.9. The summed E-state index contributed by atoms with van der Waals surface area (Å²) in [6.45, 7) is 5.45. The largest absolute Gasteiger partial charge is 0.359 e.